The van der Waals surface area contributed by atoms with Crippen LogP contribution in [0.1, 0.15) is 26.3 Å². The molecule has 0 aliphatic carbocycles. The predicted octanol–water partition coefficient (Wildman–Crippen LogP) is 4.66. The summed E-state index contributed by atoms with van der Waals surface area (Å²) in [6.45, 7) is 1.88. The number of rotatable bonds is 7. The highest BCUT2D eigenvalue weighted by atomic mass is 79.9. The number of benzene rings is 3. The van der Waals surface area contributed by atoms with E-state index in [1.54, 1.807) is 36.4 Å². The molecule has 3 aromatic carbocycles. The highest BCUT2D eigenvalue weighted by Gasteiger charge is 2.33. The van der Waals surface area contributed by atoms with E-state index in [9.17, 15) is 13.2 Å². The Morgan fingerprint density at radius 3 is 1.96 bits per heavy atom. The Kier molecular flexibility index (Phi) is 6.44. The number of ketones is 1. The van der Waals surface area contributed by atoms with Crippen molar-refractivity contribution in [1.82, 2.24) is 4.72 Å². The number of sulfonamides is 1. The molecule has 0 aromatic heterocycles. The zero-order valence-corrected chi connectivity index (χ0v) is 17.7. The molecule has 0 amide bonds. The van der Waals surface area contributed by atoms with Crippen molar-refractivity contribution in [2.75, 3.05) is 0 Å². The molecule has 0 saturated carbocycles. The van der Waals surface area contributed by atoms with Gasteiger partial charge in [-0.05, 0) is 24.6 Å². The molecule has 0 saturated heterocycles. The summed E-state index contributed by atoms with van der Waals surface area (Å²) in [5.41, 5.74) is 2.21. The highest BCUT2D eigenvalue weighted by Crippen LogP contribution is 2.29. The topological polar surface area (TPSA) is 63.2 Å². The summed E-state index contributed by atoms with van der Waals surface area (Å²) in [4.78, 5) is 12.8. The monoisotopic (exact) mass is 457 g/mol. The molecule has 2 atom stereocenters. The van der Waals surface area contributed by atoms with Gasteiger partial charge in [-0.3, -0.25) is 4.79 Å². The maximum atomic E-state index is 13.2. The van der Waals surface area contributed by atoms with Gasteiger partial charge in [0, 0.05) is 5.56 Å². The average Bonchev–Trinajstić information content (AvgIpc) is 2.72. The molecule has 3 rings (SSSR count). The first-order valence-corrected chi connectivity index (χ1v) is 11.2. The van der Waals surface area contributed by atoms with Crippen molar-refractivity contribution in [1.29, 1.82) is 0 Å². The third-order valence-electron chi connectivity index (χ3n) is 4.36. The van der Waals surface area contributed by atoms with Crippen LogP contribution >= 0.6 is 15.9 Å². The molecule has 0 bridgehead atoms. The maximum absolute atomic E-state index is 13.2. The van der Waals surface area contributed by atoms with Crippen LogP contribution in [0.5, 0.6) is 0 Å². The molecule has 0 aliphatic heterocycles. The Hall–Kier alpha value is -2.28. The van der Waals surface area contributed by atoms with E-state index in [0.717, 1.165) is 11.1 Å². The first kappa shape index (κ1) is 20.5. The number of hydrogen-bond donors (Lipinski definition) is 1. The van der Waals surface area contributed by atoms with Crippen LogP contribution < -0.4 is 4.72 Å². The number of halogens is 1. The molecular formula is C22H20BrNO3S. The molecule has 6 heteroatoms. The number of Topliss-reactive ketones (excluding diaryl/α,β-unsaturated/α-hetero) is 1. The summed E-state index contributed by atoms with van der Waals surface area (Å²) in [6, 6.07) is 23.5. The van der Waals surface area contributed by atoms with Crippen molar-refractivity contribution in [2.45, 2.75) is 22.7 Å². The van der Waals surface area contributed by atoms with Gasteiger partial charge in [-0.1, -0.05) is 94.3 Å². The number of nitrogens with one attached hydrogen (secondary N) is 1. The van der Waals surface area contributed by atoms with Crippen LogP contribution in [0.25, 0.3) is 0 Å². The van der Waals surface area contributed by atoms with E-state index < -0.39 is 20.9 Å². The second-order valence-corrected chi connectivity index (χ2v) is 9.16. The van der Waals surface area contributed by atoms with Crippen LogP contribution in [0, 0.1) is 6.92 Å². The van der Waals surface area contributed by atoms with Crippen LogP contribution in [0.4, 0.5) is 0 Å². The van der Waals surface area contributed by atoms with Crippen molar-refractivity contribution in [2.24, 2.45) is 0 Å². The van der Waals surface area contributed by atoms with Crippen LogP contribution in [0.3, 0.4) is 0 Å². The fourth-order valence-corrected chi connectivity index (χ4v) is 4.87. The van der Waals surface area contributed by atoms with Crippen LogP contribution in [0.15, 0.2) is 89.8 Å². The van der Waals surface area contributed by atoms with Gasteiger partial charge in [0.05, 0.1) is 9.72 Å². The van der Waals surface area contributed by atoms with Gasteiger partial charge in [-0.15, -0.1) is 0 Å². The lowest BCUT2D eigenvalue weighted by molar-refractivity contribution is 0.0952. The van der Waals surface area contributed by atoms with Crippen LogP contribution in [-0.2, 0) is 10.0 Å². The molecule has 144 valence electrons. The molecule has 0 unspecified atom stereocenters. The van der Waals surface area contributed by atoms with Gasteiger partial charge in [0.1, 0.15) is 6.04 Å². The number of hydrogen-bond acceptors (Lipinski definition) is 3. The number of carbonyl (C=O) groups excluding carboxylic acids is 1. The summed E-state index contributed by atoms with van der Waals surface area (Å²) in [6.07, 6.45) is 0. The minimum absolute atomic E-state index is 0.122. The lowest BCUT2D eigenvalue weighted by Crippen LogP contribution is -2.43. The Bertz CT molecular complexity index is 1040. The van der Waals surface area contributed by atoms with Crippen molar-refractivity contribution >= 4 is 31.7 Å². The summed E-state index contributed by atoms with van der Waals surface area (Å²) < 4.78 is 28.5. The summed E-state index contributed by atoms with van der Waals surface area (Å²) in [5.74, 6) is -0.304. The van der Waals surface area contributed by atoms with Gasteiger partial charge in [0.2, 0.25) is 10.0 Å². The molecule has 0 spiro atoms. The van der Waals surface area contributed by atoms with Crippen molar-refractivity contribution in [3.63, 3.8) is 0 Å². The molecule has 0 fully saturated rings. The van der Waals surface area contributed by atoms with E-state index in [4.69, 9.17) is 0 Å². The molecule has 1 N–H and O–H groups in total. The molecule has 0 heterocycles. The summed E-state index contributed by atoms with van der Waals surface area (Å²) in [5, 5.41) is 0. The van der Waals surface area contributed by atoms with Crippen molar-refractivity contribution in [3.8, 4) is 0 Å². The molecule has 4 nitrogen and oxygen atoms in total. The van der Waals surface area contributed by atoms with E-state index in [1.807, 2.05) is 43.3 Å². The number of carbonyl (C=O) groups is 1. The largest absolute Gasteiger partial charge is 0.292 e. The Balaban J connectivity index is 1.98. The van der Waals surface area contributed by atoms with Crippen molar-refractivity contribution in [3.05, 3.63) is 102 Å². The summed E-state index contributed by atoms with van der Waals surface area (Å²) in [7, 11) is -3.88. The molecule has 0 radical (unpaired) electrons. The highest BCUT2D eigenvalue weighted by molar-refractivity contribution is 9.09. The first-order valence-electron chi connectivity index (χ1n) is 8.76. The van der Waals surface area contributed by atoms with Gasteiger partial charge in [-0.2, -0.15) is 4.72 Å². The zero-order chi connectivity index (χ0) is 20.1. The third-order valence-corrected chi connectivity index (χ3v) is 6.88. The Labute approximate surface area is 173 Å². The second kappa shape index (κ2) is 8.82. The lowest BCUT2D eigenvalue weighted by atomic mass is 9.98. The number of aryl methyl sites for hydroxylation is 1. The van der Waals surface area contributed by atoms with Gasteiger partial charge >= 0.3 is 0 Å². The number of alkyl halides is 1. The summed E-state index contributed by atoms with van der Waals surface area (Å²) >= 11 is 3.54. The standard InChI is InChI=1S/C22H20BrNO3S/c1-16-12-14-19(15-13-16)28(26,27)24-21(20(23)17-8-4-2-5-9-17)22(25)18-10-6-3-7-11-18/h2-15,20-21,24H,1H3/t20-,21-/m1/s1. The SMILES string of the molecule is Cc1ccc(S(=O)(=O)N[C@@H](C(=O)c2ccccc2)[C@H](Br)c2ccccc2)cc1. The molecular weight excluding hydrogens is 438 g/mol. The fourth-order valence-electron chi connectivity index (χ4n) is 2.81. The quantitative estimate of drug-likeness (QED) is 0.414. The smallest absolute Gasteiger partial charge is 0.241 e. The maximum Gasteiger partial charge on any atom is 0.241 e. The zero-order valence-electron chi connectivity index (χ0n) is 15.2. The normalized spacial score (nSPS) is 13.6. The van der Waals surface area contributed by atoms with E-state index in [-0.39, 0.29) is 10.7 Å². The van der Waals surface area contributed by atoms with E-state index >= 15 is 0 Å². The van der Waals surface area contributed by atoms with E-state index in [1.165, 1.54) is 12.1 Å². The minimum Gasteiger partial charge on any atom is -0.292 e. The van der Waals surface area contributed by atoms with Gasteiger partial charge in [0.15, 0.2) is 5.78 Å². The Morgan fingerprint density at radius 1 is 0.857 bits per heavy atom. The first-order chi connectivity index (χ1) is 13.4. The van der Waals surface area contributed by atoms with Crippen molar-refractivity contribution < 1.29 is 13.2 Å². The average molecular weight is 458 g/mol. The Morgan fingerprint density at radius 2 is 1.39 bits per heavy atom. The molecule has 28 heavy (non-hydrogen) atoms. The molecule has 3 aromatic rings. The van der Waals surface area contributed by atoms with Gasteiger partial charge < -0.3 is 0 Å². The van der Waals surface area contributed by atoms with E-state index in [0.29, 0.717) is 5.56 Å². The van der Waals surface area contributed by atoms with Gasteiger partial charge in [0.25, 0.3) is 0 Å². The fraction of sp³-hybridized carbons (Fsp3) is 0.136. The molecule has 0 aliphatic rings. The second-order valence-electron chi connectivity index (χ2n) is 6.45. The minimum atomic E-state index is -3.88. The van der Waals surface area contributed by atoms with Gasteiger partial charge in [-0.25, -0.2) is 8.42 Å². The third kappa shape index (κ3) is 4.76. The van der Waals surface area contributed by atoms with Crippen LogP contribution in [0.2, 0.25) is 0 Å². The predicted molar refractivity (Wildman–Crippen MR) is 114 cm³/mol. The van der Waals surface area contributed by atoms with Crippen LogP contribution in [-0.4, -0.2) is 20.2 Å². The van der Waals surface area contributed by atoms with E-state index in [2.05, 4.69) is 20.7 Å². The lowest BCUT2D eigenvalue weighted by Gasteiger charge is -2.23.